The number of ether oxygens (including phenoxy) is 1. The maximum atomic E-state index is 5.93. The van der Waals surface area contributed by atoms with Crippen LogP contribution < -0.4 is 10.6 Å². The van der Waals surface area contributed by atoms with Crippen LogP contribution in [0.15, 0.2) is 23.5 Å². The van der Waals surface area contributed by atoms with Crippen LogP contribution in [0, 0.1) is 0 Å². The van der Waals surface area contributed by atoms with Crippen LogP contribution in [0.3, 0.4) is 0 Å². The van der Waals surface area contributed by atoms with Gasteiger partial charge in [-0.05, 0) is 32.3 Å². The molecule has 6 nitrogen and oxygen atoms in total. The maximum Gasteiger partial charge on any atom is 0.191 e. The highest BCUT2D eigenvalue weighted by atomic mass is 16.5. The summed E-state index contributed by atoms with van der Waals surface area (Å²) in [7, 11) is 0. The van der Waals surface area contributed by atoms with E-state index < -0.39 is 0 Å². The minimum Gasteiger partial charge on any atom is -0.378 e. The van der Waals surface area contributed by atoms with Crippen LogP contribution in [-0.2, 0) is 11.3 Å². The van der Waals surface area contributed by atoms with Crippen molar-refractivity contribution >= 4 is 5.96 Å². The first-order chi connectivity index (χ1) is 11.4. The molecular weight excluding hydrogens is 290 g/mol. The zero-order valence-corrected chi connectivity index (χ0v) is 14.3. The molecule has 1 fully saturated rings. The van der Waals surface area contributed by atoms with Crippen molar-refractivity contribution in [1.29, 1.82) is 0 Å². The highest BCUT2D eigenvalue weighted by molar-refractivity contribution is 5.79. The van der Waals surface area contributed by atoms with Crippen molar-refractivity contribution in [2.75, 3.05) is 26.2 Å². The molecule has 0 unspecified atom stereocenters. The quantitative estimate of drug-likeness (QED) is 0.416. The van der Waals surface area contributed by atoms with Gasteiger partial charge in [0.2, 0.25) is 0 Å². The van der Waals surface area contributed by atoms with Crippen LogP contribution in [-0.4, -0.2) is 48.1 Å². The number of aromatic nitrogens is 2. The standard InChI is InChI=1S/C17H31N5O/c1-2-18-17(20-12-14-22-13-6-11-21-22)19-10-7-15-23-16-8-4-3-5-9-16/h6,11,13,16H,2-5,7-10,12,14-15H2,1H3,(H2,18,19,20). The minimum absolute atomic E-state index is 0.494. The van der Waals surface area contributed by atoms with Crippen molar-refractivity contribution in [2.45, 2.75) is 58.1 Å². The molecule has 0 aromatic carbocycles. The first-order valence-corrected chi connectivity index (χ1v) is 8.99. The van der Waals surface area contributed by atoms with E-state index in [-0.39, 0.29) is 0 Å². The summed E-state index contributed by atoms with van der Waals surface area (Å²) in [6.07, 6.45) is 11.7. The topological polar surface area (TPSA) is 63.5 Å². The molecular formula is C17H31N5O. The third-order valence-corrected chi connectivity index (χ3v) is 4.01. The Labute approximate surface area is 139 Å². The largest absolute Gasteiger partial charge is 0.378 e. The van der Waals surface area contributed by atoms with E-state index in [1.165, 1.54) is 32.1 Å². The molecule has 6 heteroatoms. The van der Waals surface area contributed by atoms with Crippen molar-refractivity contribution < 1.29 is 4.74 Å². The van der Waals surface area contributed by atoms with E-state index in [4.69, 9.17) is 4.74 Å². The van der Waals surface area contributed by atoms with Crippen molar-refractivity contribution in [1.82, 2.24) is 20.4 Å². The second-order valence-corrected chi connectivity index (χ2v) is 5.94. The predicted molar refractivity (Wildman–Crippen MR) is 93.7 cm³/mol. The molecule has 23 heavy (non-hydrogen) atoms. The molecule has 2 rings (SSSR count). The Kier molecular flexibility index (Phi) is 8.55. The number of nitrogens with zero attached hydrogens (tertiary/aromatic N) is 3. The van der Waals surface area contributed by atoms with Gasteiger partial charge in [-0.2, -0.15) is 5.10 Å². The average molecular weight is 321 g/mol. The van der Waals surface area contributed by atoms with Gasteiger partial charge in [-0.25, -0.2) is 0 Å². The third-order valence-electron chi connectivity index (χ3n) is 4.01. The fourth-order valence-corrected chi connectivity index (χ4v) is 2.80. The van der Waals surface area contributed by atoms with Gasteiger partial charge in [-0.1, -0.05) is 19.3 Å². The zero-order valence-electron chi connectivity index (χ0n) is 14.3. The van der Waals surface area contributed by atoms with Gasteiger partial charge in [0.15, 0.2) is 5.96 Å². The molecule has 1 aromatic rings. The molecule has 1 aromatic heterocycles. The minimum atomic E-state index is 0.494. The number of aliphatic imine (C=N–C) groups is 1. The Morgan fingerprint density at radius 1 is 1.30 bits per heavy atom. The highest BCUT2D eigenvalue weighted by Crippen LogP contribution is 2.20. The van der Waals surface area contributed by atoms with E-state index in [2.05, 4.69) is 27.6 Å². The summed E-state index contributed by atoms with van der Waals surface area (Å²) < 4.78 is 7.84. The Morgan fingerprint density at radius 2 is 2.17 bits per heavy atom. The van der Waals surface area contributed by atoms with Crippen LogP contribution in [0.4, 0.5) is 0 Å². The fraction of sp³-hybridized carbons (Fsp3) is 0.765. The van der Waals surface area contributed by atoms with Gasteiger partial charge in [0.05, 0.1) is 12.6 Å². The van der Waals surface area contributed by atoms with Gasteiger partial charge < -0.3 is 15.4 Å². The molecule has 0 spiro atoms. The van der Waals surface area contributed by atoms with Crippen LogP contribution in [0.5, 0.6) is 0 Å². The molecule has 0 saturated heterocycles. The normalized spacial score (nSPS) is 16.5. The summed E-state index contributed by atoms with van der Waals surface area (Å²) in [4.78, 5) is 4.60. The van der Waals surface area contributed by atoms with Crippen molar-refractivity contribution in [3.63, 3.8) is 0 Å². The molecule has 0 bridgehead atoms. The lowest BCUT2D eigenvalue weighted by Crippen LogP contribution is -2.39. The molecule has 1 heterocycles. The lowest BCUT2D eigenvalue weighted by Gasteiger charge is -2.21. The molecule has 0 amide bonds. The van der Waals surface area contributed by atoms with Crippen molar-refractivity contribution in [2.24, 2.45) is 4.99 Å². The van der Waals surface area contributed by atoms with Gasteiger partial charge in [0, 0.05) is 38.6 Å². The summed E-state index contributed by atoms with van der Waals surface area (Å²) >= 11 is 0. The molecule has 1 aliphatic carbocycles. The van der Waals surface area contributed by atoms with Crippen LogP contribution >= 0.6 is 0 Å². The average Bonchev–Trinajstić information content (AvgIpc) is 3.09. The second-order valence-electron chi connectivity index (χ2n) is 5.94. The van der Waals surface area contributed by atoms with Gasteiger partial charge in [-0.3, -0.25) is 9.67 Å². The van der Waals surface area contributed by atoms with Gasteiger partial charge in [-0.15, -0.1) is 0 Å². The molecule has 2 N–H and O–H groups in total. The summed E-state index contributed by atoms with van der Waals surface area (Å²) in [5.74, 6) is 0.873. The summed E-state index contributed by atoms with van der Waals surface area (Å²) in [6, 6.07) is 1.94. The van der Waals surface area contributed by atoms with E-state index in [0.29, 0.717) is 6.10 Å². The summed E-state index contributed by atoms with van der Waals surface area (Å²) in [6.45, 7) is 6.21. The molecule has 0 aliphatic heterocycles. The van der Waals surface area contributed by atoms with Crippen molar-refractivity contribution in [3.8, 4) is 0 Å². The van der Waals surface area contributed by atoms with Crippen molar-refractivity contribution in [3.05, 3.63) is 18.5 Å². The number of rotatable bonds is 9. The Morgan fingerprint density at radius 3 is 2.91 bits per heavy atom. The number of nitrogens with one attached hydrogen (secondary N) is 2. The first kappa shape index (κ1) is 17.8. The first-order valence-electron chi connectivity index (χ1n) is 8.99. The molecule has 130 valence electrons. The van der Waals surface area contributed by atoms with E-state index in [1.807, 2.05) is 16.9 Å². The van der Waals surface area contributed by atoms with Gasteiger partial charge >= 0.3 is 0 Å². The Hall–Kier alpha value is -1.56. The predicted octanol–water partition coefficient (Wildman–Crippen LogP) is 2.18. The second kappa shape index (κ2) is 11.0. The molecule has 1 saturated carbocycles. The Bertz CT molecular complexity index is 426. The Balaban J connectivity index is 1.58. The molecule has 0 radical (unpaired) electrons. The van der Waals surface area contributed by atoms with E-state index in [1.54, 1.807) is 6.20 Å². The smallest absolute Gasteiger partial charge is 0.191 e. The fourth-order valence-electron chi connectivity index (χ4n) is 2.80. The lowest BCUT2D eigenvalue weighted by molar-refractivity contribution is 0.0281. The maximum absolute atomic E-state index is 5.93. The van der Waals surface area contributed by atoms with Crippen LogP contribution in [0.25, 0.3) is 0 Å². The third kappa shape index (κ3) is 7.50. The van der Waals surface area contributed by atoms with Gasteiger partial charge in [0.25, 0.3) is 0 Å². The summed E-state index contributed by atoms with van der Waals surface area (Å²) in [5, 5.41) is 10.8. The highest BCUT2D eigenvalue weighted by Gasteiger charge is 2.12. The van der Waals surface area contributed by atoms with Crippen LogP contribution in [0.1, 0.15) is 45.4 Å². The van der Waals surface area contributed by atoms with E-state index in [9.17, 15) is 0 Å². The van der Waals surface area contributed by atoms with E-state index >= 15 is 0 Å². The van der Waals surface area contributed by atoms with Crippen LogP contribution in [0.2, 0.25) is 0 Å². The van der Waals surface area contributed by atoms with E-state index in [0.717, 1.165) is 45.2 Å². The number of hydrogen-bond acceptors (Lipinski definition) is 3. The monoisotopic (exact) mass is 321 g/mol. The number of guanidine groups is 1. The summed E-state index contributed by atoms with van der Waals surface area (Å²) in [5.41, 5.74) is 0. The zero-order chi connectivity index (χ0) is 16.2. The SMILES string of the molecule is CCNC(=NCCCOC1CCCCC1)NCCn1cccn1. The number of hydrogen-bond donors (Lipinski definition) is 2. The molecule has 1 aliphatic rings. The molecule has 0 atom stereocenters. The van der Waals surface area contributed by atoms with Gasteiger partial charge in [0.1, 0.15) is 0 Å². The lowest BCUT2D eigenvalue weighted by atomic mass is 9.98.